The lowest BCUT2D eigenvalue weighted by atomic mass is 9.97. The molecule has 0 aromatic heterocycles. The number of nitrogens with one attached hydrogen (secondary N) is 1. The first-order valence-corrected chi connectivity index (χ1v) is 10.7. The number of nitrogens with zero attached hydrogens (tertiary/aromatic N) is 1. The highest BCUT2D eigenvalue weighted by Gasteiger charge is 2.22. The van der Waals surface area contributed by atoms with Gasteiger partial charge in [0.1, 0.15) is 0 Å². The number of benzene rings is 1. The van der Waals surface area contributed by atoms with Crippen molar-refractivity contribution in [1.82, 2.24) is 9.62 Å². The molecule has 1 fully saturated rings. The average Bonchev–Trinajstić information content (AvgIpc) is 2.46. The first-order chi connectivity index (χ1) is 10.4. The van der Waals surface area contributed by atoms with Gasteiger partial charge in [-0.2, -0.15) is 0 Å². The van der Waals surface area contributed by atoms with Crippen LogP contribution in [0.25, 0.3) is 0 Å². The standard InChI is InChI=1S/C15H22Br2N2O2S/c1-2-7-19-8-5-12(6-9-19)11-18-22(20,21)15-4-3-13(16)10-14(15)17/h3-4,10,12,18H,2,5-9,11H2,1H3. The minimum absolute atomic E-state index is 0.291. The van der Waals surface area contributed by atoms with E-state index in [-0.39, 0.29) is 0 Å². The minimum atomic E-state index is -3.46. The quantitative estimate of drug-likeness (QED) is 0.715. The van der Waals surface area contributed by atoms with Gasteiger partial charge in [-0.1, -0.05) is 22.9 Å². The molecule has 0 aliphatic carbocycles. The normalized spacial score (nSPS) is 17.8. The van der Waals surface area contributed by atoms with Crippen LogP contribution in [0.1, 0.15) is 26.2 Å². The van der Waals surface area contributed by atoms with Gasteiger partial charge in [0, 0.05) is 15.5 Å². The fraction of sp³-hybridized carbons (Fsp3) is 0.600. The molecule has 1 saturated heterocycles. The van der Waals surface area contributed by atoms with E-state index in [0.717, 1.165) is 36.9 Å². The Morgan fingerprint density at radius 3 is 2.55 bits per heavy atom. The van der Waals surface area contributed by atoms with Gasteiger partial charge in [-0.15, -0.1) is 0 Å². The molecule has 0 saturated carbocycles. The molecule has 1 N–H and O–H groups in total. The molecule has 1 aliphatic heterocycles. The van der Waals surface area contributed by atoms with Crippen LogP contribution in [0.15, 0.2) is 32.0 Å². The third-order valence-corrected chi connectivity index (χ3v) is 6.89. The van der Waals surface area contributed by atoms with E-state index >= 15 is 0 Å². The molecule has 1 heterocycles. The van der Waals surface area contributed by atoms with Crippen molar-refractivity contribution in [2.75, 3.05) is 26.2 Å². The zero-order chi connectivity index (χ0) is 16.2. The van der Waals surface area contributed by atoms with Gasteiger partial charge >= 0.3 is 0 Å². The second kappa shape index (κ2) is 8.24. The van der Waals surface area contributed by atoms with E-state index in [0.29, 0.717) is 21.8 Å². The summed E-state index contributed by atoms with van der Waals surface area (Å²) in [6.45, 7) is 6.00. The number of rotatable bonds is 6. The zero-order valence-electron chi connectivity index (χ0n) is 12.7. The largest absolute Gasteiger partial charge is 0.303 e. The van der Waals surface area contributed by atoms with Crippen LogP contribution >= 0.6 is 31.9 Å². The Hall–Kier alpha value is 0.0500. The molecule has 0 bridgehead atoms. The molecule has 0 atom stereocenters. The minimum Gasteiger partial charge on any atom is -0.303 e. The van der Waals surface area contributed by atoms with Crippen molar-refractivity contribution in [3.8, 4) is 0 Å². The first kappa shape index (κ1) is 18.4. The molecular formula is C15H22Br2N2O2S. The molecule has 0 amide bonds. The van der Waals surface area contributed by atoms with Crippen molar-refractivity contribution in [3.05, 3.63) is 27.1 Å². The molecule has 0 unspecified atom stereocenters. The van der Waals surface area contributed by atoms with E-state index in [4.69, 9.17) is 0 Å². The van der Waals surface area contributed by atoms with Crippen molar-refractivity contribution >= 4 is 41.9 Å². The molecule has 4 nitrogen and oxygen atoms in total. The Morgan fingerprint density at radius 2 is 1.95 bits per heavy atom. The van der Waals surface area contributed by atoms with Crippen molar-refractivity contribution in [2.45, 2.75) is 31.1 Å². The van der Waals surface area contributed by atoms with Gasteiger partial charge in [0.05, 0.1) is 4.90 Å². The molecule has 1 aromatic carbocycles. The number of hydrogen-bond acceptors (Lipinski definition) is 3. The van der Waals surface area contributed by atoms with Crippen LogP contribution in [-0.2, 0) is 10.0 Å². The Kier molecular flexibility index (Phi) is 6.89. The molecule has 0 radical (unpaired) electrons. The summed E-state index contributed by atoms with van der Waals surface area (Å²) in [7, 11) is -3.46. The van der Waals surface area contributed by atoms with Crippen LogP contribution < -0.4 is 4.72 Å². The van der Waals surface area contributed by atoms with Crippen molar-refractivity contribution < 1.29 is 8.42 Å². The van der Waals surface area contributed by atoms with Crippen LogP contribution in [0.5, 0.6) is 0 Å². The molecule has 1 aliphatic rings. The highest BCUT2D eigenvalue weighted by molar-refractivity contribution is 9.11. The Balaban J connectivity index is 1.91. The van der Waals surface area contributed by atoms with Crippen molar-refractivity contribution in [1.29, 1.82) is 0 Å². The van der Waals surface area contributed by atoms with Gasteiger partial charge in [0.15, 0.2) is 0 Å². The molecule has 0 spiro atoms. The fourth-order valence-corrected chi connectivity index (χ4v) is 5.59. The Labute approximate surface area is 150 Å². The van der Waals surface area contributed by atoms with Gasteiger partial charge in [0.25, 0.3) is 0 Å². The topological polar surface area (TPSA) is 49.4 Å². The molecule has 7 heteroatoms. The fourth-order valence-electron chi connectivity index (χ4n) is 2.73. The SMILES string of the molecule is CCCN1CCC(CNS(=O)(=O)c2ccc(Br)cc2Br)CC1. The summed E-state index contributed by atoms with van der Waals surface area (Å²) in [5.74, 6) is 0.428. The van der Waals surface area contributed by atoms with E-state index in [1.54, 1.807) is 18.2 Å². The van der Waals surface area contributed by atoms with E-state index in [1.807, 2.05) is 0 Å². The lowest BCUT2D eigenvalue weighted by Crippen LogP contribution is -2.38. The summed E-state index contributed by atoms with van der Waals surface area (Å²) in [5.41, 5.74) is 0. The second-order valence-electron chi connectivity index (χ2n) is 5.71. The van der Waals surface area contributed by atoms with Crippen molar-refractivity contribution in [3.63, 3.8) is 0 Å². The summed E-state index contributed by atoms with van der Waals surface area (Å²) in [6.07, 6.45) is 3.29. The smallest absolute Gasteiger partial charge is 0.241 e. The third kappa shape index (κ3) is 5.03. The average molecular weight is 454 g/mol. The summed E-state index contributed by atoms with van der Waals surface area (Å²) < 4.78 is 29.0. The Bertz CT molecular complexity index is 600. The van der Waals surface area contributed by atoms with Gasteiger partial charge in [-0.3, -0.25) is 0 Å². The summed E-state index contributed by atoms with van der Waals surface area (Å²) in [6, 6.07) is 5.10. The van der Waals surface area contributed by atoms with Gasteiger partial charge in [-0.25, -0.2) is 13.1 Å². The monoisotopic (exact) mass is 452 g/mol. The van der Waals surface area contributed by atoms with Crippen LogP contribution in [0.3, 0.4) is 0 Å². The van der Waals surface area contributed by atoms with Crippen LogP contribution in [0, 0.1) is 5.92 Å². The first-order valence-electron chi connectivity index (χ1n) is 7.59. The molecule has 1 aromatic rings. The van der Waals surface area contributed by atoms with Crippen LogP contribution in [0.2, 0.25) is 0 Å². The zero-order valence-corrected chi connectivity index (χ0v) is 16.7. The summed E-state index contributed by atoms with van der Waals surface area (Å²) in [5, 5.41) is 0. The van der Waals surface area contributed by atoms with E-state index in [2.05, 4.69) is 48.4 Å². The number of sulfonamides is 1. The highest BCUT2D eigenvalue weighted by atomic mass is 79.9. The molecule has 2 rings (SSSR count). The Morgan fingerprint density at radius 1 is 1.27 bits per heavy atom. The van der Waals surface area contributed by atoms with Crippen LogP contribution in [0.4, 0.5) is 0 Å². The number of likely N-dealkylation sites (tertiary alicyclic amines) is 1. The predicted molar refractivity (Wildman–Crippen MR) is 96.5 cm³/mol. The van der Waals surface area contributed by atoms with Gasteiger partial charge in [0.2, 0.25) is 10.0 Å². The molecule has 22 heavy (non-hydrogen) atoms. The second-order valence-corrected chi connectivity index (χ2v) is 9.22. The van der Waals surface area contributed by atoms with E-state index in [9.17, 15) is 8.42 Å². The lowest BCUT2D eigenvalue weighted by molar-refractivity contribution is 0.186. The van der Waals surface area contributed by atoms with E-state index < -0.39 is 10.0 Å². The highest BCUT2D eigenvalue weighted by Crippen LogP contribution is 2.26. The lowest BCUT2D eigenvalue weighted by Gasteiger charge is -2.31. The maximum atomic E-state index is 12.4. The maximum Gasteiger partial charge on any atom is 0.241 e. The maximum absolute atomic E-state index is 12.4. The van der Waals surface area contributed by atoms with Crippen LogP contribution in [-0.4, -0.2) is 39.5 Å². The van der Waals surface area contributed by atoms with Gasteiger partial charge in [-0.05, 0) is 78.9 Å². The molecule has 124 valence electrons. The number of halogens is 2. The number of piperidine rings is 1. The van der Waals surface area contributed by atoms with Gasteiger partial charge < -0.3 is 4.90 Å². The van der Waals surface area contributed by atoms with Crippen molar-refractivity contribution in [2.24, 2.45) is 5.92 Å². The predicted octanol–water partition coefficient (Wildman–Crippen LogP) is 3.61. The summed E-state index contributed by atoms with van der Waals surface area (Å²) in [4.78, 5) is 2.75. The van der Waals surface area contributed by atoms with E-state index in [1.165, 1.54) is 6.42 Å². The molecular weight excluding hydrogens is 432 g/mol. The number of hydrogen-bond donors (Lipinski definition) is 1. The third-order valence-electron chi connectivity index (χ3n) is 3.99. The summed E-state index contributed by atoms with van der Waals surface area (Å²) >= 11 is 6.65.